The van der Waals surface area contributed by atoms with Gasteiger partial charge in [0, 0.05) is 18.0 Å². The number of nitrogens with zero attached hydrogens (tertiary/aromatic N) is 3. The molecule has 1 aliphatic rings. The number of pyridine rings is 1. The quantitative estimate of drug-likeness (QED) is 0.184. The molecule has 3 amide bonds. The lowest BCUT2D eigenvalue weighted by molar-refractivity contribution is -0.119. The van der Waals surface area contributed by atoms with Crippen LogP contribution in [0, 0.1) is 23.8 Å². The molecule has 0 saturated heterocycles. The monoisotopic (exact) mass is 590 g/mol. The Labute approximate surface area is 241 Å². The van der Waals surface area contributed by atoms with Gasteiger partial charge in [0.2, 0.25) is 5.91 Å². The van der Waals surface area contributed by atoms with E-state index < -0.39 is 29.7 Å². The lowest BCUT2D eigenvalue weighted by atomic mass is 10.1. The van der Waals surface area contributed by atoms with Crippen LogP contribution in [0.5, 0.6) is 11.5 Å². The average Bonchev–Trinajstić information content (AvgIpc) is 3.52. The van der Waals surface area contributed by atoms with Crippen molar-refractivity contribution >= 4 is 28.7 Å². The molecule has 0 fully saturated rings. The predicted molar refractivity (Wildman–Crippen MR) is 146 cm³/mol. The molecule has 5 rings (SSSR count). The minimum Gasteiger partial charge on any atom is -0.453 e. The summed E-state index contributed by atoms with van der Waals surface area (Å²) in [6, 6.07) is 6.13. The Morgan fingerprint density at radius 3 is 2.79 bits per heavy atom. The third kappa shape index (κ3) is 7.96. The Bertz CT molecular complexity index is 1830. The first-order chi connectivity index (χ1) is 20.8. The van der Waals surface area contributed by atoms with Gasteiger partial charge < -0.3 is 24.3 Å². The highest BCUT2D eigenvalue weighted by molar-refractivity contribution is 6.01. The number of nitrogens with one attached hydrogen (secondary N) is 3. The minimum absolute atomic E-state index is 0.00839. The van der Waals surface area contributed by atoms with Crippen LogP contribution in [-0.4, -0.2) is 38.7 Å². The van der Waals surface area contributed by atoms with E-state index in [9.17, 15) is 22.8 Å². The van der Waals surface area contributed by atoms with Gasteiger partial charge in [-0.3, -0.25) is 10.1 Å². The summed E-state index contributed by atoms with van der Waals surface area (Å²) in [4.78, 5) is 35.0. The number of urea groups is 1. The van der Waals surface area contributed by atoms with Crippen molar-refractivity contribution in [2.45, 2.75) is 19.4 Å². The number of carbonyl (C=O) groups excluding carboxylic acids is 2. The highest BCUT2D eigenvalue weighted by atomic mass is 19.1. The zero-order chi connectivity index (χ0) is 30.2. The Balaban J connectivity index is 1.16. The van der Waals surface area contributed by atoms with Crippen LogP contribution in [-0.2, 0) is 16.1 Å². The van der Waals surface area contributed by atoms with Crippen molar-refractivity contribution in [1.29, 1.82) is 0 Å². The van der Waals surface area contributed by atoms with Crippen molar-refractivity contribution < 1.29 is 36.8 Å². The van der Waals surface area contributed by atoms with Crippen LogP contribution in [0.2, 0.25) is 0 Å². The number of rotatable bonds is 8. The largest absolute Gasteiger partial charge is 0.453 e. The molecule has 0 atom stereocenters. The van der Waals surface area contributed by atoms with E-state index in [1.807, 2.05) is 0 Å². The summed E-state index contributed by atoms with van der Waals surface area (Å²) in [6.45, 7) is -0.0664. The number of hydrogen-bond donors (Lipinski definition) is 3. The molecule has 3 N–H and O–H groups in total. The van der Waals surface area contributed by atoms with Gasteiger partial charge in [-0.05, 0) is 54.3 Å². The first kappa shape index (κ1) is 28.8. The zero-order valence-electron chi connectivity index (χ0n) is 22.1. The third-order valence-corrected chi connectivity index (χ3v) is 5.74. The Kier molecular flexibility index (Phi) is 8.93. The fraction of sp³-hybridized carbons (Fsp3) is 0.138. The summed E-state index contributed by atoms with van der Waals surface area (Å²) in [5.41, 5.74) is 1.57. The lowest BCUT2D eigenvalue weighted by Gasteiger charge is -2.10. The van der Waals surface area contributed by atoms with Crippen LogP contribution in [0.1, 0.15) is 24.4 Å². The average molecular weight is 591 g/mol. The Hall–Kier alpha value is -5.68. The normalized spacial score (nSPS) is 12.5. The lowest BCUT2D eigenvalue weighted by Crippen LogP contribution is -2.34. The first-order valence-electron chi connectivity index (χ1n) is 12.7. The predicted octanol–water partition coefficient (Wildman–Crippen LogP) is 5.36. The molecule has 0 spiro atoms. The Morgan fingerprint density at radius 2 is 1.98 bits per heavy atom. The van der Waals surface area contributed by atoms with E-state index in [2.05, 4.69) is 47.1 Å². The number of benzene rings is 1. The zero-order valence-corrected chi connectivity index (χ0v) is 22.1. The van der Waals surface area contributed by atoms with E-state index in [1.165, 1.54) is 36.6 Å². The van der Waals surface area contributed by atoms with Crippen molar-refractivity contribution in [3.63, 3.8) is 0 Å². The summed E-state index contributed by atoms with van der Waals surface area (Å²) in [6.07, 6.45) is 6.37. The van der Waals surface area contributed by atoms with E-state index in [0.29, 0.717) is 34.5 Å². The van der Waals surface area contributed by atoms with Crippen LogP contribution in [0.3, 0.4) is 0 Å². The molecule has 3 aromatic heterocycles. The van der Waals surface area contributed by atoms with Crippen molar-refractivity contribution in [2.24, 2.45) is 0 Å². The van der Waals surface area contributed by atoms with Crippen LogP contribution < -0.4 is 15.4 Å². The van der Waals surface area contributed by atoms with Crippen LogP contribution >= 0.6 is 0 Å². The van der Waals surface area contributed by atoms with E-state index in [4.69, 9.17) is 9.47 Å². The van der Waals surface area contributed by atoms with Crippen molar-refractivity contribution in [2.75, 3.05) is 11.9 Å². The van der Waals surface area contributed by atoms with Gasteiger partial charge in [0.15, 0.2) is 17.4 Å². The Morgan fingerprint density at radius 1 is 1.09 bits per heavy atom. The van der Waals surface area contributed by atoms with Crippen molar-refractivity contribution in [1.82, 2.24) is 25.4 Å². The molecule has 0 radical (unpaired) electrons. The molecule has 1 aromatic carbocycles. The van der Waals surface area contributed by atoms with Gasteiger partial charge in [-0.25, -0.2) is 18.6 Å². The number of ether oxygens (including phenoxy) is 2. The topological polar surface area (TPSA) is 144 Å². The summed E-state index contributed by atoms with van der Waals surface area (Å²) in [5.74, 6) is 4.08. The summed E-state index contributed by atoms with van der Waals surface area (Å²) in [5, 5.41) is 8.44. The van der Waals surface area contributed by atoms with E-state index in [0.717, 1.165) is 6.07 Å². The summed E-state index contributed by atoms with van der Waals surface area (Å²) in [7, 11) is 0. The van der Waals surface area contributed by atoms with E-state index in [-0.39, 0.29) is 36.9 Å². The number of allylic oxidation sites excluding steroid dienone is 5. The fourth-order valence-corrected chi connectivity index (χ4v) is 3.85. The molecule has 3 heterocycles. The standard InChI is InChI=1S/C29H21F3N6O5/c30-18-4-1-3-17(6-7-18)13-26(39)37-29(40)35-20-8-9-24(22(31)15-20)42-23-10-11-33-27-21(23)14-19(34-27)5-2-12-41-16-25-36-28(32)43-38-25/h3-4,6-11,14-15H,1,12-13,16H2,(H,33,34)(H2,35,37,39,40). The number of H-pyrrole nitrogens is 1. The number of carbonyl (C=O) groups is 2. The molecule has 0 saturated carbocycles. The maximum absolute atomic E-state index is 14.9. The second-order valence-electron chi connectivity index (χ2n) is 8.88. The molecule has 0 bridgehead atoms. The van der Waals surface area contributed by atoms with E-state index >= 15 is 0 Å². The second-order valence-corrected chi connectivity index (χ2v) is 8.88. The van der Waals surface area contributed by atoms with Gasteiger partial charge >= 0.3 is 12.2 Å². The molecule has 218 valence electrons. The van der Waals surface area contributed by atoms with Crippen molar-refractivity contribution in [3.05, 3.63) is 95.7 Å². The SMILES string of the molecule is O=C(CC1=CCC=C(F)C=C1)NC(=O)Nc1ccc(Oc2ccnc3[nH]c(C#CCOCc4noc(F)n4)cc23)c(F)c1. The second kappa shape index (κ2) is 13.3. The third-order valence-electron chi connectivity index (χ3n) is 5.74. The number of imide groups is 1. The van der Waals surface area contributed by atoms with Gasteiger partial charge in [0.25, 0.3) is 0 Å². The number of aromatic amines is 1. The first-order valence-corrected chi connectivity index (χ1v) is 12.7. The number of anilines is 1. The highest BCUT2D eigenvalue weighted by Crippen LogP contribution is 2.31. The maximum Gasteiger partial charge on any atom is 0.405 e. The van der Waals surface area contributed by atoms with Gasteiger partial charge in [0.1, 0.15) is 30.4 Å². The molecule has 0 unspecified atom stereocenters. The maximum atomic E-state index is 14.9. The molecule has 14 heteroatoms. The van der Waals surface area contributed by atoms with Crippen molar-refractivity contribution in [3.8, 4) is 23.3 Å². The molecular weight excluding hydrogens is 569 g/mol. The van der Waals surface area contributed by atoms with E-state index in [1.54, 1.807) is 18.2 Å². The minimum atomic E-state index is -1.05. The summed E-state index contributed by atoms with van der Waals surface area (Å²) >= 11 is 0. The molecule has 0 aliphatic heterocycles. The molecule has 11 nitrogen and oxygen atoms in total. The molecule has 43 heavy (non-hydrogen) atoms. The number of aromatic nitrogens is 4. The molecule has 4 aromatic rings. The van der Waals surface area contributed by atoms with Gasteiger partial charge in [-0.15, -0.1) is 4.39 Å². The smallest absolute Gasteiger partial charge is 0.405 e. The summed E-state index contributed by atoms with van der Waals surface area (Å²) < 4.78 is 56.1. The number of hydrogen-bond acceptors (Lipinski definition) is 8. The highest BCUT2D eigenvalue weighted by Gasteiger charge is 2.14. The van der Waals surface area contributed by atoms with Crippen LogP contribution in [0.25, 0.3) is 11.0 Å². The van der Waals surface area contributed by atoms with Gasteiger partial charge in [-0.2, -0.15) is 4.98 Å². The van der Waals surface area contributed by atoms with Crippen LogP contribution in [0.4, 0.5) is 23.7 Å². The molecule has 1 aliphatic carbocycles. The van der Waals surface area contributed by atoms with Crippen LogP contribution in [0.15, 0.2) is 76.8 Å². The molecular formula is C29H21F3N6O5. The number of halogens is 3. The fourth-order valence-electron chi connectivity index (χ4n) is 3.85. The number of fused-ring (bicyclic) bond motifs is 1. The van der Waals surface area contributed by atoms with Gasteiger partial charge in [-0.1, -0.05) is 23.2 Å². The number of amides is 3. The van der Waals surface area contributed by atoms with Gasteiger partial charge in [0.05, 0.1) is 17.5 Å².